The standard InChI is InChI=1S/C11H22N2O4S2/c1-3-16-10(14)8(12)5-18-7-19-6-9(13)11(15)17-4-2/h8-9H,3-7,12-13H2,1-2H3/t8-,9-/m0/s1. The molecule has 0 heterocycles. The van der Waals surface area contributed by atoms with Gasteiger partial charge in [0.15, 0.2) is 0 Å². The molecule has 0 aliphatic rings. The van der Waals surface area contributed by atoms with Crippen molar-refractivity contribution < 1.29 is 19.1 Å². The number of nitrogens with two attached hydrogens (primary N) is 2. The Hall–Kier alpha value is -0.440. The molecule has 0 aromatic rings. The van der Waals surface area contributed by atoms with Gasteiger partial charge < -0.3 is 20.9 Å². The van der Waals surface area contributed by atoms with E-state index in [2.05, 4.69) is 0 Å². The minimum absolute atomic E-state index is 0.334. The number of rotatable bonds is 10. The van der Waals surface area contributed by atoms with Gasteiger partial charge in [0.1, 0.15) is 12.1 Å². The highest BCUT2D eigenvalue weighted by Crippen LogP contribution is 2.14. The molecule has 0 aliphatic carbocycles. The van der Waals surface area contributed by atoms with Gasteiger partial charge in [0.25, 0.3) is 0 Å². The number of esters is 2. The van der Waals surface area contributed by atoms with Gasteiger partial charge in [-0.1, -0.05) is 0 Å². The van der Waals surface area contributed by atoms with Crippen molar-refractivity contribution in [1.82, 2.24) is 0 Å². The van der Waals surface area contributed by atoms with Crippen LogP contribution in [0.25, 0.3) is 0 Å². The SMILES string of the molecule is CCOC(=O)[C@@H](N)CSCSC[C@H](N)C(=O)OCC. The van der Waals surface area contributed by atoms with E-state index < -0.39 is 12.1 Å². The van der Waals surface area contributed by atoms with Gasteiger partial charge in [-0.25, -0.2) is 0 Å². The van der Waals surface area contributed by atoms with Crippen molar-refractivity contribution in [2.45, 2.75) is 25.9 Å². The van der Waals surface area contributed by atoms with Gasteiger partial charge in [0.2, 0.25) is 0 Å². The number of hydrogen-bond acceptors (Lipinski definition) is 8. The molecule has 0 radical (unpaired) electrons. The lowest BCUT2D eigenvalue weighted by Gasteiger charge is -2.11. The van der Waals surface area contributed by atoms with Crippen molar-refractivity contribution in [3.63, 3.8) is 0 Å². The number of thioether (sulfide) groups is 2. The van der Waals surface area contributed by atoms with E-state index in [1.165, 1.54) is 23.5 Å². The van der Waals surface area contributed by atoms with Crippen molar-refractivity contribution in [3.8, 4) is 0 Å². The highest BCUT2D eigenvalue weighted by Gasteiger charge is 2.16. The Bertz CT molecular complexity index is 253. The molecule has 0 saturated heterocycles. The lowest BCUT2D eigenvalue weighted by molar-refractivity contribution is -0.144. The van der Waals surface area contributed by atoms with Crippen molar-refractivity contribution >= 4 is 35.5 Å². The summed E-state index contributed by atoms with van der Waals surface area (Å²) in [7, 11) is 0. The zero-order valence-corrected chi connectivity index (χ0v) is 12.9. The first-order valence-corrected chi connectivity index (χ1v) is 8.33. The highest BCUT2D eigenvalue weighted by atomic mass is 32.2. The summed E-state index contributed by atoms with van der Waals surface area (Å²) in [5.74, 6) is 0.201. The van der Waals surface area contributed by atoms with Crippen LogP contribution in [0.5, 0.6) is 0 Å². The third-order valence-electron chi connectivity index (χ3n) is 1.94. The summed E-state index contributed by atoms with van der Waals surface area (Å²) in [6.45, 7) is 4.15. The summed E-state index contributed by atoms with van der Waals surface area (Å²) in [5.41, 5.74) is 11.3. The summed E-state index contributed by atoms with van der Waals surface area (Å²) in [6.07, 6.45) is 0. The lowest BCUT2D eigenvalue weighted by Crippen LogP contribution is -2.35. The Labute approximate surface area is 122 Å². The van der Waals surface area contributed by atoms with E-state index in [1.807, 2.05) is 0 Å². The molecule has 2 atom stereocenters. The molecule has 0 aromatic carbocycles. The summed E-state index contributed by atoms with van der Waals surface area (Å²) in [6, 6.07) is -1.21. The van der Waals surface area contributed by atoms with E-state index >= 15 is 0 Å². The Kier molecular flexibility index (Phi) is 11.1. The molecule has 0 amide bonds. The van der Waals surface area contributed by atoms with E-state index in [9.17, 15) is 9.59 Å². The van der Waals surface area contributed by atoms with Crippen LogP contribution >= 0.6 is 23.5 Å². The van der Waals surface area contributed by atoms with E-state index in [4.69, 9.17) is 20.9 Å². The molecule has 0 bridgehead atoms. The van der Waals surface area contributed by atoms with E-state index in [1.54, 1.807) is 13.8 Å². The quantitative estimate of drug-likeness (QED) is 0.335. The molecule has 112 valence electrons. The second-order valence-electron chi connectivity index (χ2n) is 3.58. The monoisotopic (exact) mass is 310 g/mol. The highest BCUT2D eigenvalue weighted by molar-refractivity contribution is 8.16. The van der Waals surface area contributed by atoms with Gasteiger partial charge in [-0.2, -0.15) is 0 Å². The third kappa shape index (κ3) is 9.15. The van der Waals surface area contributed by atoms with E-state index in [0.29, 0.717) is 29.8 Å². The molecule has 0 spiro atoms. The van der Waals surface area contributed by atoms with Gasteiger partial charge in [0.05, 0.1) is 13.2 Å². The van der Waals surface area contributed by atoms with Gasteiger partial charge in [0, 0.05) is 16.6 Å². The number of carbonyl (C=O) groups excluding carboxylic acids is 2. The van der Waals surface area contributed by atoms with Crippen molar-refractivity contribution in [2.75, 3.05) is 29.8 Å². The zero-order valence-electron chi connectivity index (χ0n) is 11.3. The summed E-state index contributed by atoms with van der Waals surface area (Å²) in [5, 5.41) is 0.709. The molecule has 0 saturated carbocycles. The number of ether oxygens (including phenoxy) is 2. The summed E-state index contributed by atoms with van der Waals surface area (Å²) >= 11 is 3.02. The van der Waals surface area contributed by atoms with Crippen LogP contribution in [0.15, 0.2) is 0 Å². The number of carbonyl (C=O) groups is 2. The Morgan fingerprint density at radius 2 is 1.32 bits per heavy atom. The van der Waals surface area contributed by atoms with Crippen LogP contribution in [0.1, 0.15) is 13.8 Å². The Morgan fingerprint density at radius 3 is 1.63 bits per heavy atom. The fourth-order valence-electron chi connectivity index (χ4n) is 1.04. The second-order valence-corrected chi connectivity index (χ2v) is 6.00. The second kappa shape index (κ2) is 11.4. The molecular weight excluding hydrogens is 288 g/mol. The first-order chi connectivity index (χ1) is 9.02. The normalized spacial score (nSPS) is 13.7. The third-order valence-corrected chi connectivity index (χ3v) is 4.46. The molecule has 6 nitrogen and oxygen atoms in total. The maximum absolute atomic E-state index is 11.2. The summed E-state index contributed by atoms with van der Waals surface area (Å²) in [4.78, 5) is 22.5. The van der Waals surface area contributed by atoms with Gasteiger partial charge in [-0.15, -0.1) is 23.5 Å². The minimum Gasteiger partial charge on any atom is -0.465 e. The molecule has 0 unspecified atom stereocenters. The first-order valence-electron chi connectivity index (χ1n) is 6.02. The van der Waals surface area contributed by atoms with Crippen LogP contribution in [0, 0.1) is 0 Å². The average Bonchev–Trinajstić information content (AvgIpc) is 2.38. The molecular formula is C11H22N2O4S2. The molecule has 19 heavy (non-hydrogen) atoms. The van der Waals surface area contributed by atoms with E-state index in [-0.39, 0.29) is 11.9 Å². The van der Waals surface area contributed by atoms with Crippen LogP contribution < -0.4 is 11.5 Å². The Balaban J connectivity index is 3.59. The topological polar surface area (TPSA) is 105 Å². The van der Waals surface area contributed by atoms with Gasteiger partial charge in [-0.05, 0) is 13.8 Å². The fourth-order valence-corrected chi connectivity index (χ4v) is 3.06. The van der Waals surface area contributed by atoms with Crippen LogP contribution in [0.3, 0.4) is 0 Å². The van der Waals surface area contributed by atoms with Crippen molar-refractivity contribution in [2.24, 2.45) is 11.5 Å². The fraction of sp³-hybridized carbons (Fsp3) is 0.818. The first kappa shape index (κ1) is 18.6. The van der Waals surface area contributed by atoms with Crippen molar-refractivity contribution in [1.29, 1.82) is 0 Å². The molecule has 0 fully saturated rings. The maximum Gasteiger partial charge on any atom is 0.323 e. The van der Waals surface area contributed by atoms with Gasteiger partial charge >= 0.3 is 11.9 Å². The van der Waals surface area contributed by atoms with Crippen LogP contribution in [-0.4, -0.2) is 53.8 Å². The zero-order chi connectivity index (χ0) is 14.7. The Morgan fingerprint density at radius 1 is 0.947 bits per heavy atom. The van der Waals surface area contributed by atoms with Crippen molar-refractivity contribution in [3.05, 3.63) is 0 Å². The largest absolute Gasteiger partial charge is 0.465 e. The molecule has 0 aromatic heterocycles. The molecule has 8 heteroatoms. The van der Waals surface area contributed by atoms with E-state index in [0.717, 1.165) is 0 Å². The maximum atomic E-state index is 11.2. The summed E-state index contributed by atoms with van der Waals surface area (Å²) < 4.78 is 9.58. The van der Waals surface area contributed by atoms with Crippen LogP contribution in [-0.2, 0) is 19.1 Å². The number of hydrogen-bond donors (Lipinski definition) is 2. The predicted octanol–water partition coefficient (Wildman–Crippen LogP) is 0.191. The molecule has 4 N–H and O–H groups in total. The smallest absolute Gasteiger partial charge is 0.323 e. The van der Waals surface area contributed by atoms with Crippen LogP contribution in [0.4, 0.5) is 0 Å². The van der Waals surface area contributed by atoms with Gasteiger partial charge in [-0.3, -0.25) is 9.59 Å². The van der Waals surface area contributed by atoms with Crippen LogP contribution in [0.2, 0.25) is 0 Å². The lowest BCUT2D eigenvalue weighted by atomic mass is 10.4. The predicted molar refractivity (Wildman–Crippen MR) is 79.0 cm³/mol. The average molecular weight is 310 g/mol. The minimum atomic E-state index is -0.607. The molecule has 0 aliphatic heterocycles. The molecule has 0 rings (SSSR count).